The Kier molecular flexibility index (Phi) is 5.62. The fraction of sp³-hybridized carbons (Fsp3) is 0.278. The summed E-state index contributed by atoms with van der Waals surface area (Å²) in [5.74, 6) is 0.896. The number of sulfonamides is 1. The van der Waals surface area contributed by atoms with Crippen molar-refractivity contribution < 1.29 is 17.9 Å². The molecule has 0 atom stereocenters. The molecular formula is C18H21NO4S. The summed E-state index contributed by atoms with van der Waals surface area (Å²) in [4.78, 5) is 11.5. The van der Waals surface area contributed by atoms with Gasteiger partial charge in [-0.1, -0.05) is 26.0 Å². The van der Waals surface area contributed by atoms with Gasteiger partial charge in [-0.2, -0.15) is 0 Å². The SMILES string of the molecule is CC(=O)c1cccc(NS(=O)(=O)c2ccc(OCC(C)C)cc2)c1. The maximum absolute atomic E-state index is 12.4. The summed E-state index contributed by atoms with van der Waals surface area (Å²) < 4.78 is 32.9. The van der Waals surface area contributed by atoms with Crippen LogP contribution in [0.15, 0.2) is 53.4 Å². The molecule has 0 aromatic heterocycles. The third-order valence-corrected chi connectivity index (χ3v) is 4.64. The van der Waals surface area contributed by atoms with Gasteiger partial charge in [-0.15, -0.1) is 0 Å². The fourth-order valence-electron chi connectivity index (χ4n) is 1.99. The van der Waals surface area contributed by atoms with Crippen LogP contribution < -0.4 is 9.46 Å². The Balaban J connectivity index is 2.15. The number of carbonyl (C=O) groups is 1. The highest BCUT2D eigenvalue weighted by atomic mass is 32.2. The summed E-state index contributed by atoms with van der Waals surface area (Å²) in [6.07, 6.45) is 0. The molecule has 5 nitrogen and oxygen atoms in total. The van der Waals surface area contributed by atoms with E-state index in [-0.39, 0.29) is 10.7 Å². The lowest BCUT2D eigenvalue weighted by Gasteiger charge is -2.11. The van der Waals surface area contributed by atoms with Crippen LogP contribution in [0, 0.1) is 5.92 Å². The quantitative estimate of drug-likeness (QED) is 0.775. The zero-order chi connectivity index (χ0) is 17.7. The molecule has 0 amide bonds. The van der Waals surface area contributed by atoms with Gasteiger partial charge in [0, 0.05) is 11.3 Å². The Morgan fingerprint density at radius 3 is 2.38 bits per heavy atom. The molecule has 1 N–H and O–H groups in total. The van der Waals surface area contributed by atoms with Crippen LogP contribution in [0.25, 0.3) is 0 Å². The number of benzene rings is 2. The minimum Gasteiger partial charge on any atom is -0.493 e. The van der Waals surface area contributed by atoms with E-state index in [2.05, 4.69) is 4.72 Å². The molecule has 0 radical (unpaired) electrons. The highest BCUT2D eigenvalue weighted by molar-refractivity contribution is 7.92. The van der Waals surface area contributed by atoms with E-state index in [1.54, 1.807) is 30.3 Å². The predicted octanol–water partition coefficient (Wildman–Crippen LogP) is 3.72. The van der Waals surface area contributed by atoms with Gasteiger partial charge in [-0.3, -0.25) is 9.52 Å². The van der Waals surface area contributed by atoms with Gasteiger partial charge >= 0.3 is 0 Å². The van der Waals surface area contributed by atoms with Crippen molar-refractivity contribution in [2.24, 2.45) is 5.92 Å². The van der Waals surface area contributed by atoms with Crippen molar-refractivity contribution in [1.82, 2.24) is 0 Å². The lowest BCUT2D eigenvalue weighted by molar-refractivity contribution is 0.101. The molecule has 0 heterocycles. The highest BCUT2D eigenvalue weighted by Crippen LogP contribution is 2.20. The van der Waals surface area contributed by atoms with Crippen molar-refractivity contribution in [3.05, 3.63) is 54.1 Å². The zero-order valence-electron chi connectivity index (χ0n) is 13.9. The minimum absolute atomic E-state index is 0.122. The second-order valence-corrected chi connectivity index (χ2v) is 7.60. The maximum Gasteiger partial charge on any atom is 0.261 e. The van der Waals surface area contributed by atoms with Crippen LogP contribution in [0.3, 0.4) is 0 Å². The molecule has 0 saturated heterocycles. The van der Waals surface area contributed by atoms with Crippen LogP contribution in [0.5, 0.6) is 5.75 Å². The molecular weight excluding hydrogens is 326 g/mol. The molecule has 0 bridgehead atoms. The van der Waals surface area contributed by atoms with Gasteiger partial charge < -0.3 is 4.74 Å². The summed E-state index contributed by atoms with van der Waals surface area (Å²) in [5, 5.41) is 0. The normalized spacial score (nSPS) is 11.3. The van der Waals surface area contributed by atoms with Crippen LogP contribution in [0.1, 0.15) is 31.1 Å². The number of Topliss-reactive ketones (excluding diaryl/α,β-unsaturated/α-hetero) is 1. The first kappa shape index (κ1) is 18.0. The molecule has 24 heavy (non-hydrogen) atoms. The molecule has 0 aliphatic heterocycles. The van der Waals surface area contributed by atoms with Crippen LogP contribution in [0.4, 0.5) is 5.69 Å². The van der Waals surface area contributed by atoms with E-state index >= 15 is 0 Å². The van der Waals surface area contributed by atoms with Crippen LogP contribution in [-0.2, 0) is 10.0 Å². The Hall–Kier alpha value is -2.34. The summed E-state index contributed by atoms with van der Waals surface area (Å²) in [6, 6.07) is 12.6. The molecule has 0 unspecified atom stereocenters. The standard InChI is InChI=1S/C18H21NO4S/c1-13(2)12-23-17-7-9-18(10-8-17)24(21,22)19-16-6-4-5-15(11-16)14(3)20/h4-11,13,19H,12H2,1-3H3. The number of rotatable bonds is 7. The second kappa shape index (κ2) is 7.49. The van der Waals surface area contributed by atoms with Gasteiger partial charge in [0.2, 0.25) is 0 Å². The molecule has 6 heteroatoms. The van der Waals surface area contributed by atoms with E-state index in [1.165, 1.54) is 25.1 Å². The zero-order valence-corrected chi connectivity index (χ0v) is 14.8. The molecule has 0 spiro atoms. The van der Waals surface area contributed by atoms with E-state index in [1.807, 2.05) is 13.8 Å². The van der Waals surface area contributed by atoms with Crippen LogP contribution in [-0.4, -0.2) is 20.8 Å². The van der Waals surface area contributed by atoms with Crippen LogP contribution in [0.2, 0.25) is 0 Å². The molecule has 2 aromatic rings. The summed E-state index contributed by atoms with van der Waals surface area (Å²) in [5.41, 5.74) is 0.801. The smallest absolute Gasteiger partial charge is 0.261 e. The third-order valence-electron chi connectivity index (χ3n) is 3.24. The first-order valence-corrected chi connectivity index (χ1v) is 9.13. The van der Waals surface area contributed by atoms with Crippen LogP contribution >= 0.6 is 0 Å². The van der Waals surface area contributed by atoms with E-state index in [9.17, 15) is 13.2 Å². The first-order chi connectivity index (χ1) is 11.3. The molecule has 2 rings (SSSR count). The number of hydrogen-bond donors (Lipinski definition) is 1. The average Bonchev–Trinajstić information content (AvgIpc) is 2.53. The van der Waals surface area contributed by atoms with E-state index in [4.69, 9.17) is 4.74 Å². The third kappa shape index (κ3) is 4.83. The van der Waals surface area contributed by atoms with Gasteiger partial charge in [0.1, 0.15) is 5.75 Å². The molecule has 0 fully saturated rings. The number of ketones is 1. The van der Waals surface area contributed by atoms with E-state index in [0.29, 0.717) is 29.5 Å². The second-order valence-electron chi connectivity index (χ2n) is 5.92. The lowest BCUT2D eigenvalue weighted by Crippen LogP contribution is -2.13. The van der Waals surface area contributed by atoms with Gasteiger partial charge in [0.15, 0.2) is 5.78 Å². The minimum atomic E-state index is -3.72. The Morgan fingerprint density at radius 1 is 1.12 bits per heavy atom. The van der Waals surface area contributed by atoms with E-state index < -0.39 is 10.0 Å². The van der Waals surface area contributed by atoms with Gasteiger partial charge in [0.05, 0.1) is 11.5 Å². The fourth-order valence-corrected chi connectivity index (χ4v) is 3.04. The number of carbonyl (C=O) groups excluding carboxylic acids is 1. The average molecular weight is 347 g/mol. The van der Waals surface area contributed by atoms with Gasteiger partial charge in [-0.25, -0.2) is 8.42 Å². The van der Waals surface area contributed by atoms with Crippen molar-refractivity contribution in [1.29, 1.82) is 0 Å². The summed E-state index contributed by atoms with van der Waals surface area (Å²) in [7, 11) is -3.72. The number of anilines is 1. The Labute approximate surface area is 142 Å². The Bertz CT molecular complexity index is 811. The van der Waals surface area contributed by atoms with Crippen molar-refractivity contribution in [3.63, 3.8) is 0 Å². The topological polar surface area (TPSA) is 72.5 Å². The van der Waals surface area contributed by atoms with Crippen molar-refractivity contribution in [3.8, 4) is 5.75 Å². The molecule has 0 aliphatic carbocycles. The largest absolute Gasteiger partial charge is 0.493 e. The van der Waals surface area contributed by atoms with E-state index in [0.717, 1.165) is 0 Å². The monoisotopic (exact) mass is 347 g/mol. The van der Waals surface area contributed by atoms with Gasteiger partial charge in [0.25, 0.3) is 10.0 Å². The molecule has 0 aliphatic rings. The van der Waals surface area contributed by atoms with Crippen molar-refractivity contribution >= 4 is 21.5 Å². The lowest BCUT2D eigenvalue weighted by atomic mass is 10.1. The predicted molar refractivity (Wildman–Crippen MR) is 94.0 cm³/mol. The number of nitrogens with one attached hydrogen (secondary N) is 1. The molecule has 0 saturated carbocycles. The summed E-state index contributed by atoms with van der Waals surface area (Å²) in [6.45, 7) is 6.08. The Morgan fingerprint density at radius 2 is 1.79 bits per heavy atom. The number of hydrogen-bond acceptors (Lipinski definition) is 4. The van der Waals surface area contributed by atoms with Crippen molar-refractivity contribution in [2.45, 2.75) is 25.7 Å². The summed E-state index contributed by atoms with van der Waals surface area (Å²) >= 11 is 0. The maximum atomic E-state index is 12.4. The molecule has 2 aromatic carbocycles. The number of ether oxygens (including phenoxy) is 1. The van der Waals surface area contributed by atoms with Crippen molar-refractivity contribution in [2.75, 3.05) is 11.3 Å². The first-order valence-electron chi connectivity index (χ1n) is 7.64. The highest BCUT2D eigenvalue weighted by Gasteiger charge is 2.15. The van der Waals surface area contributed by atoms with Gasteiger partial charge in [-0.05, 0) is 49.2 Å². The molecule has 128 valence electrons.